The quantitative estimate of drug-likeness (QED) is 0.820. The van der Waals surface area contributed by atoms with E-state index in [0.29, 0.717) is 5.56 Å². The lowest BCUT2D eigenvalue weighted by atomic mass is 10.0. The summed E-state index contributed by atoms with van der Waals surface area (Å²) in [5, 5.41) is 8.85. The van der Waals surface area contributed by atoms with Crippen molar-refractivity contribution >= 4 is 5.97 Å². The number of ether oxygens (including phenoxy) is 1. The first kappa shape index (κ1) is 10.2. The number of aromatic carboxylic acids is 1. The number of benzene rings is 1. The van der Waals surface area contributed by atoms with Gasteiger partial charge in [-0.15, -0.1) is 0 Å². The van der Waals surface area contributed by atoms with Crippen LogP contribution < -0.4 is 0 Å². The second-order valence-corrected chi connectivity index (χ2v) is 4.07. The second-order valence-electron chi connectivity index (χ2n) is 4.07. The number of carboxylic acid groups (broad SMARTS) is 1. The highest BCUT2D eigenvalue weighted by atomic mass is 16.5. The predicted molar refractivity (Wildman–Crippen MR) is 56.1 cm³/mol. The molecule has 0 aliphatic heterocycles. The fourth-order valence-electron chi connectivity index (χ4n) is 1.78. The highest BCUT2D eigenvalue weighted by Crippen LogP contribution is 2.41. The van der Waals surface area contributed by atoms with Crippen molar-refractivity contribution in [3.8, 4) is 0 Å². The van der Waals surface area contributed by atoms with E-state index in [1.807, 2.05) is 6.07 Å². The van der Waals surface area contributed by atoms with Gasteiger partial charge in [-0.25, -0.2) is 4.79 Å². The van der Waals surface area contributed by atoms with Gasteiger partial charge in [0, 0.05) is 13.5 Å². The molecule has 3 nitrogen and oxygen atoms in total. The number of hydrogen-bond acceptors (Lipinski definition) is 2. The molecule has 1 aliphatic rings. The third-order valence-corrected chi connectivity index (χ3v) is 2.94. The van der Waals surface area contributed by atoms with Crippen molar-refractivity contribution < 1.29 is 14.6 Å². The molecular formula is C12H14O3. The molecule has 1 N–H and O–H groups in total. The molecule has 0 unspecified atom stereocenters. The van der Waals surface area contributed by atoms with Gasteiger partial charge in [0.2, 0.25) is 0 Å². The molecule has 1 fully saturated rings. The molecule has 0 saturated heterocycles. The van der Waals surface area contributed by atoms with Crippen molar-refractivity contribution in [3.63, 3.8) is 0 Å². The Bertz CT molecular complexity index is 380. The molecule has 3 heteroatoms. The van der Waals surface area contributed by atoms with Gasteiger partial charge in [0.1, 0.15) is 0 Å². The van der Waals surface area contributed by atoms with E-state index < -0.39 is 5.97 Å². The van der Waals surface area contributed by atoms with E-state index in [1.54, 1.807) is 25.3 Å². The van der Waals surface area contributed by atoms with Gasteiger partial charge >= 0.3 is 5.97 Å². The maximum atomic E-state index is 10.8. The Labute approximate surface area is 88.7 Å². The van der Waals surface area contributed by atoms with Gasteiger partial charge in [0.05, 0.1) is 11.2 Å². The number of hydrogen-bond donors (Lipinski definition) is 1. The van der Waals surface area contributed by atoms with Crippen LogP contribution in [0.25, 0.3) is 0 Å². The minimum absolute atomic E-state index is 0.0167. The normalized spacial score (nSPS) is 17.4. The number of methoxy groups -OCH3 is 1. The Morgan fingerprint density at radius 2 is 2.27 bits per heavy atom. The van der Waals surface area contributed by atoms with Crippen molar-refractivity contribution in [3.05, 3.63) is 35.4 Å². The van der Waals surface area contributed by atoms with Crippen molar-refractivity contribution in [1.82, 2.24) is 0 Å². The minimum atomic E-state index is -0.876. The van der Waals surface area contributed by atoms with Crippen molar-refractivity contribution in [2.24, 2.45) is 0 Å². The zero-order valence-electron chi connectivity index (χ0n) is 8.69. The lowest BCUT2D eigenvalue weighted by Crippen LogP contribution is -2.15. The Kier molecular flexibility index (Phi) is 2.49. The Balaban J connectivity index is 2.15. The summed E-state index contributed by atoms with van der Waals surface area (Å²) in [6.07, 6.45) is 2.95. The van der Waals surface area contributed by atoms with Crippen LogP contribution in [0, 0.1) is 0 Å². The standard InChI is InChI=1S/C12H14O3/c1-15-12(5-6-12)8-9-3-2-4-10(7-9)11(13)14/h2-4,7H,5-6,8H2,1H3,(H,13,14). The van der Waals surface area contributed by atoms with Crippen molar-refractivity contribution in [1.29, 1.82) is 0 Å². The number of carbonyl (C=O) groups is 1. The van der Waals surface area contributed by atoms with Crippen molar-refractivity contribution in [2.45, 2.75) is 24.9 Å². The molecule has 0 heterocycles. The summed E-state index contributed by atoms with van der Waals surface area (Å²) in [4.78, 5) is 10.8. The molecule has 0 atom stereocenters. The van der Waals surface area contributed by atoms with E-state index in [4.69, 9.17) is 9.84 Å². The number of carboxylic acids is 1. The first-order valence-corrected chi connectivity index (χ1v) is 5.03. The molecule has 1 aliphatic carbocycles. The van der Waals surface area contributed by atoms with Crippen LogP contribution in [0.15, 0.2) is 24.3 Å². The van der Waals surface area contributed by atoms with Gasteiger partial charge in [-0.2, -0.15) is 0 Å². The fraction of sp³-hybridized carbons (Fsp3) is 0.417. The molecule has 0 spiro atoms. The molecule has 1 aromatic rings. The topological polar surface area (TPSA) is 46.5 Å². The fourth-order valence-corrected chi connectivity index (χ4v) is 1.78. The summed E-state index contributed by atoms with van der Waals surface area (Å²) in [5.41, 5.74) is 1.37. The van der Waals surface area contributed by atoms with Crippen LogP contribution in [-0.4, -0.2) is 23.8 Å². The first-order valence-electron chi connectivity index (χ1n) is 5.03. The van der Waals surface area contributed by atoms with Gasteiger partial charge in [-0.3, -0.25) is 0 Å². The van der Waals surface area contributed by atoms with Gasteiger partial charge in [-0.1, -0.05) is 12.1 Å². The SMILES string of the molecule is COC1(Cc2cccc(C(=O)O)c2)CC1. The van der Waals surface area contributed by atoms with Crippen LogP contribution >= 0.6 is 0 Å². The smallest absolute Gasteiger partial charge is 0.335 e. The van der Waals surface area contributed by atoms with Gasteiger partial charge in [0.25, 0.3) is 0 Å². The molecule has 2 rings (SSSR count). The third-order valence-electron chi connectivity index (χ3n) is 2.94. The Morgan fingerprint density at radius 1 is 1.53 bits per heavy atom. The zero-order valence-corrected chi connectivity index (χ0v) is 8.69. The van der Waals surface area contributed by atoms with Crippen LogP contribution in [-0.2, 0) is 11.2 Å². The molecule has 1 saturated carbocycles. The number of rotatable bonds is 4. The Hall–Kier alpha value is -1.35. The van der Waals surface area contributed by atoms with Crippen LogP contribution in [0.5, 0.6) is 0 Å². The molecule has 0 aromatic heterocycles. The summed E-state index contributed by atoms with van der Waals surface area (Å²) in [5.74, 6) is -0.876. The average molecular weight is 206 g/mol. The van der Waals surface area contributed by atoms with Gasteiger partial charge < -0.3 is 9.84 Å². The van der Waals surface area contributed by atoms with Crippen molar-refractivity contribution in [2.75, 3.05) is 7.11 Å². The predicted octanol–water partition coefficient (Wildman–Crippen LogP) is 2.11. The van der Waals surface area contributed by atoms with E-state index in [0.717, 1.165) is 24.8 Å². The molecule has 0 radical (unpaired) electrons. The minimum Gasteiger partial charge on any atom is -0.478 e. The van der Waals surface area contributed by atoms with Crippen LogP contribution in [0.3, 0.4) is 0 Å². The van der Waals surface area contributed by atoms with E-state index in [9.17, 15) is 4.79 Å². The highest BCUT2D eigenvalue weighted by Gasteiger charge is 2.42. The van der Waals surface area contributed by atoms with Crippen LogP contribution in [0.2, 0.25) is 0 Å². The van der Waals surface area contributed by atoms with E-state index in [-0.39, 0.29) is 5.60 Å². The molecule has 1 aromatic carbocycles. The second kappa shape index (κ2) is 3.66. The van der Waals surface area contributed by atoms with Gasteiger partial charge in [0.15, 0.2) is 0 Å². The van der Waals surface area contributed by atoms with E-state index in [1.165, 1.54) is 0 Å². The molecule has 15 heavy (non-hydrogen) atoms. The third kappa shape index (κ3) is 2.18. The average Bonchev–Trinajstić information content (AvgIpc) is 2.99. The zero-order chi connectivity index (χ0) is 10.9. The first-order chi connectivity index (χ1) is 7.15. The molecule has 80 valence electrons. The largest absolute Gasteiger partial charge is 0.478 e. The molecule has 0 bridgehead atoms. The van der Waals surface area contributed by atoms with Crippen LogP contribution in [0.4, 0.5) is 0 Å². The summed E-state index contributed by atoms with van der Waals surface area (Å²) >= 11 is 0. The Morgan fingerprint density at radius 3 is 2.80 bits per heavy atom. The summed E-state index contributed by atoms with van der Waals surface area (Å²) in [6, 6.07) is 7.07. The van der Waals surface area contributed by atoms with E-state index in [2.05, 4.69) is 0 Å². The summed E-state index contributed by atoms with van der Waals surface area (Å²) in [6.45, 7) is 0. The maximum Gasteiger partial charge on any atom is 0.335 e. The monoisotopic (exact) mass is 206 g/mol. The molecule has 0 amide bonds. The summed E-state index contributed by atoms with van der Waals surface area (Å²) < 4.78 is 5.41. The molecular weight excluding hydrogens is 192 g/mol. The lowest BCUT2D eigenvalue weighted by molar-refractivity contribution is 0.0694. The maximum absolute atomic E-state index is 10.8. The highest BCUT2D eigenvalue weighted by molar-refractivity contribution is 5.87. The summed E-state index contributed by atoms with van der Waals surface area (Å²) in [7, 11) is 1.72. The van der Waals surface area contributed by atoms with E-state index >= 15 is 0 Å². The lowest BCUT2D eigenvalue weighted by Gasteiger charge is -2.13. The van der Waals surface area contributed by atoms with Crippen LogP contribution in [0.1, 0.15) is 28.8 Å². The van der Waals surface area contributed by atoms with Gasteiger partial charge in [-0.05, 0) is 30.5 Å².